The maximum atomic E-state index is 15.2. The molecule has 31 heavy (non-hydrogen) atoms. The molecule has 0 atom stereocenters. The summed E-state index contributed by atoms with van der Waals surface area (Å²) in [5.41, 5.74) is 0.0567. The Labute approximate surface area is 178 Å². The minimum Gasteiger partial charge on any atom is -0.493 e. The van der Waals surface area contributed by atoms with E-state index in [4.69, 9.17) is 9.47 Å². The zero-order valence-electron chi connectivity index (χ0n) is 17.5. The van der Waals surface area contributed by atoms with Gasteiger partial charge in [0.05, 0.1) is 20.8 Å². The number of urea groups is 1. The van der Waals surface area contributed by atoms with Crippen molar-refractivity contribution in [1.82, 2.24) is 15.3 Å². The maximum Gasteiger partial charge on any atom is 0.330 e. The van der Waals surface area contributed by atoms with Crippen LogP contribution >= 0.6 is 0 Å². The number of nitrogens with zero attached hydrogens (tertiary/aromatic N) is 4. The Hall–Kier alpha value is -3.21. The first kappa shape index (κ1) is 21.0. The lowest BCUT2D eigenvalue weighted by molar-refractivity contribution is 0.244. The van der Waals surface area contributed by atoms with Crippen LogP contribution in [0, 0.1) is 11.6 Å². The fraction of sp³-hybridized carbons (Fsp3) is 0.450. The number of amides is 2. The highest BCUT2D eigenvalue weighted by molar-refractivity contribution is 6.06. The molecule has 3 heterocycles. The highest BCUT2D eigenvalue weighted by Gasteiger charge is 2.40. The molecule has 4 rings (SSSR count). The number of methoxy groups -OCH3 is 2. The average Bonchev–Trinajstić information content (AvgIpc) is 2.80. The molecule has 0 spiro atoms. The van der Waals surface area contributed by atoms with Crippen LogP contribution < -0.4 is 29.9 Å². The van der Waals surface area contributed by atoms with Crippen LogP contribution in [0.15, 0.2) is 12.3 Å². The van der Waals surface area contributed by atoms with Gasteiger partial charge in [0.15, 0.2) is 23.1 Å². The Bertz CT molecular complexity index is 971. The van der Waals surface area contributed by atoms with Gasteiger partial charge in [0, 0.05) is 30.9 Å². The molecule has 11 heteroatoms. The van der Waals surface area contributed by atoms with Gasteiger partial charge in [-0.25, -0.2) is 18.6 Å². The molecule has 2 amide bonds. The van der Waals surface area contributed by atoms with Gasteiger partial charge in [0.2, 0.25) is 5.95 Å². The maximum absolute atomic E-state index is 15.2. The fourth-order valence-corrected chi connectivity index (χ4v) is 3.98. The average molecular weight is 434 g/mol. The summed E-state index contributed by atoms with van der Waals surface area (Å²) in [6, 6.07) is 0.380. The van der Waals surface area contributed by atoms with Crippen LogP contribution in [-0.4, -0.2) is 56.4 Å². The molecule has 2 aliphatic heterocycles. The Morgan fingerprint density at radius 3 is 2.39 bits per heavy atom. The van der Waals surface area contributed by atoms with Gasteiger partial charge >= 0.3 is 6.03 Å². The molecule has 166 valence electrons. The number of piperidine rings is 1. The van der Waals surface area contributed by atoms with Gasteiger partial charge < -0.3 is 20.1 Å². The van der Waals surface area contributed by atoms with Crippen molar-refractivity contribution in [2.24, 2.45) is 0 Å². The lowest BCUT2D eigenvalue weighted by Gasteiger charge is -2.41. The normalized spacial score (nSPS) is 16.9. The SMILES string of the molecule is CNc1ncc2c(n1)N(C1CCNCC1)C(=O)N(c1c(F)c(OC)cc(OC)c1F)C2. The minimum atomic E-state index is -0.976. The number of carbonyl (C=O) groups is 1. The van der Waals surface area contributed by atoms with Crippen LogP contribution in [0.5, 0.6) is 11.5 Å². The summed E-state index contributed by atoms with van der Waals surface area (Å²) >= 11 is 0. The first-order valence-corrected chi connectivity index (χ1v) is 9.95. The van der Waals surface area contributed by atoms with Crippen LogP contribution in [-0.2, 0) is 6.54 Å². The van der Waals surface area contributed by atoms with Crippen molar-refractivity contribution >= 4 is 23.5 Å². The van der Waals surface area contributed by atoms with E-state index >= 15 is 8.78 Å². The zero-order chi connectivity index (χ0) is 22.1. The molecule has 2 aliphatic rings. The third-order valence-corrected chi connectivity index (χ3v) is 5.55. The third kappa shape index (κ3) is 3.58. The number of benzene rings is 1. The fourth-order valence-electron chi connectivity index (χ4n) is 3.98. The van der Waals surface area contributed by atoms with Gasteiger partial charge in [-0.3, -0.25) is 9.80 Å². The van der Waals surface area contributed by atoms with Crippen molar-refractivity contribution in [3.63, 3.8) is 0 Å². The second kappa shape index (κ2) is 8.50. The minimum absolute atomic E-state index is 0.0935. The van der Waals surface area contributed by atoms with E-state index in [0.29, 0.717) is 30.2 Å². The predicted octanol–water partition coefficient (Wildman–Crippen LogP) is 2.51. The standard InChI is InChI=1S/C20H24F2N6O3/c1-23-19-25-9-11-10-27(17-15(21)13(30-2)8-14(31-3)16(17)22)20(29)28(18(11)26-19)12-4-6-24-7-5-12/h8-9,12,24H,4-7,10H2,1-3H3,(H,23,25,26). The topological polar surface area (TPSA) is 91.9 Å². The van der Waals surface area contributed by atoms with E-state index in [1.54, 1.807) is 13.2 Å². The monoisotopic (exact) mass is 434 g/mol. The van der Waals surface area contributed by atoms with Crippen molar-refractivity contribution < 1.29 is 23.0 Å². The second-order valence-corrected chi connectivity index (χ2v) is 7.27. The number of halogens is 2. The summed E-state index contributed by atoms with van der Waals surface area (Å²) in [6.45, 7) is 1.36. The molecular weight excluding hydrogens is 410 g/mol. The number of rotatable bonds is 5. The Morgan fingerprint density at radius 2 is 1.81 bits per heavy atom. The number of nitrogens with one attached hydrogen (secondary N) is 2. The van der Waals surface area contributed by atoms with Crippen molar-refractivity contribution in [2.75, 3.05) is 49.5 Å². The Kier molecular flexibility index (Phi) is 5.77. The van der Waals surface area contributed by atoms with Crippen molar-refractivity contribution in [3.8, 4) is 11.5 Å². The number of carbonyl (C=O) groups excluding carboxylic acids is 1. The number of hydrogen-bond acceptors (Lipinski definition) is 7. The largest absolute Gasteiger partial charge is 0.493 e. The van der Waals surface area contributed by atoms with Gasteiger partial charge in [0.25, 0.3) is 0 Å². The lowest BCUT2D eigenvalue weighted by Crippen LogP contribution is -2.55. The van der Waals surface area contributed by atoms with Crippen LogP contribution in [0.3, 0.4) is 0 Å². The summed E-state index contributed by atoms with van der Waals surface area (Å²) in [5, 5.41) is 6.12. The van der Waals surface area contributed by atoms with Crippen LogP contribution in [0.2, 0.25) is 0 Å². The number of aromatic nitrogens is 2. The van der Waals surface area contributed by atoms with E-state index in [9.17, 15) is 4.79 Å². The Balaban J connectivity index is 1.86. The molecule has 0 unspecified atom stereocenters. The van der Waals surface area contributed by atoms with E-state index in [1.165, 1.54) is 19.1 Å². The summed E-state index contributed by atoms with van der Waals surface area (Å²) in [5.74, 6) is -1.59. The van der Waals surface area contributed by atoms with E-state index in [1.807, 2.05) is 0 Å². The highest BCUT2D eigenvalue weighted by atomic mass is 19.1. The zero-order valence-corrected chi connectivity index (χ0v) is 17.5. The summed E-state index contributed by atoms with van der Waals surface area (Å²) in [7, 11) is 4.21. The third-order valence-electron chi connectivity index (χ3n) is 5.55. The molecule has 9 nitrogen and oxygen atoms in total. The molecular formula is C20H24F2N6O3. The molecule has 1 aromatic carbocycles. The molecule has 0 aliphatic carbocycles. The second-order valence-electron chi connectivity index (χ2n) is 7.27. The summed E-state index contributed by atoms with van der Waals surface area (Å²) in [4.78, 5) is 24.9. The van der Waals surface area contributed by atoms with Crippen LogP contribution in [0.1, 0.15) is 18.4 Å². The summed E-state index contributed by atoms with van der Waals surface area (Å²) in [6.07, 6.45) is 2.93. The van der Waals surface area contributed by atoms with Crippen molar-refractivity contribution in [1.29, 1.82) is 0 Å². The van der Waals surface area contributed by atoms with Crippen molar-refractivity contribution in [3.05, 3.63) is 29.5 Å². The quantitative estimate of drug-likeness (QED) is 0.747. The first-order valence-electron chi connectivity index (χ1n) is 9.95. The predicted molar refractivity (Wildman–Crippen MR) is 111 cm³/mol. The van der Waals surface area contributed by atoms with Gasteiger partial charge in [-0.1, -0.05) is 0 Å². The summed E-state index contributed by atoms with van der Waals surface area (Å²) < 4.78 is 40.5. The number of anilines is 3. The number of hydrogen-bond donors (Lipinski definition) is 2. The van der Waals surface area contributed by atoms with Crippen LogP contribution in [0.4, 0.5) is 31.0 Å². The number of fused-ring (bicyclic) bond motifs is 1. The van der Waals surface area contributed by atoms with Gasteiger partial charge in [-0.05, 0) is 25.9 Å². The molecule has 1 aromatic heterocycles. The Morgan fingerprint density at radius 1 is 1.16 bits per heavy atom. The molecule has 1 saturated heterocycles. The van der Waals surface area contributed by atoms with Crippen LogP contribution in [0.25, 0.3) is 0 Å². The molecule has 2 N–H and O–H groups in total. The van der Waals surface area contributed by atoms with Gasteiger partial charge in [-0.2, -0.15) is 4.98 Å². The lowest BCUT2D eigenvalue weighted by atomic mass is 10.0. The molecule has 0 saturated carbocycles. The van der Waals surface area contributed by atoms with E-state index < -0.39 is 23.4 Å². The van der Waals surface area contributed by atoms with Gasteiger partial charge in [0.1, 0.15) is 11.5 Å². The number of ether oxygens (including phenoxy) is 2. The molecule has 0 bridgehead atoms. The van der Waals surface area contributed by atoms with E-state index in [-0.39, 0.29) is 24.1 Å². The van der Waals surface area contributed by atoms with E-state index in [2.05, 4.69) is 20.6 Å². The first-order chi connectivity index (χ1) is 15.0. The highest BCUT2D eigenvalue weighted by Crippen LogP contribution is 2.41. The van der Waals surface area contributed by atoms with Gasteiger partial charge in [-0.15, -0.1) is 0 Å². The molecule has 2 aromatic rings. The molecule has 0 radical (unpaired) electrons. The van der Waals surface area contributed by atoms with Crippen molar-refractivity contribution in [2.45, 2.75) is 25.4 Å². The van der Waals surface area contributed by atoms with E-state index in [0.717, 1.165) is 24.1 Å². The smallest absolute Gasteiger partial charge is 0.330 e. The molecule has 1 fully saturated rings.